The Bertz CT molecular complexity index is 1530. The van der Waals surface area contributed by atoms with E-state index in [1.807, 2.05) is 0 Å². The molecule has 2 aromatic carbocycles. The van der Waals surface area contributed by atoms with Gasteiger partial charge in [-0.15, -0.1) is 10.2 Å². The summed E-state index contributed by atoms with van der Waals surface area (Å²) in [5.41, 5.74) is 1.53. The van der Waals surface area contributed by atoms with Crippen LogP contribution in [0.4, 0.5) is 8.78 Å². The lowest BCUT2D eigenvalue weighted by Crippen LogP contribution is -2.23. The van der Waals surface area contributed by atoms with Gasteiger partial charge < -0.3 is 14.7 Å². The first-order chi connectivity index (χ1) is 15.9. The summed E-state index contributed by atoms with van der Waals surface area (Å²) in [6, 6.07) is 7.46. The minimum absolute atomic E-state index is 0.0942. The number of carbonyl (C=O) groups excluding carboxylic acids is 1. The Kier molecular flexibility index (Phi) is 5.43. The minimum atomic E-state index is -0.672. The summed E-state index contributed by atoms with van der Waals surface area (Å²) < 4.78 is 34.0. The molecule has 5 aromatic rings. The first-order valence-corrected chi connectivity index (χ1v) is 10.4. The Morgan fingerprint density at radius 2 is 1.94 bits per heavy atom. The molecule has 0 unspecified atom stereocenters. The third-order valence-corrected chi connectivity index (χ3v) is 5.54. The van der Waals surface area contributed by atoms with Crippen molar-refractivity contribution < 1.29 is 18.0 Å². The molecule has 1 amide bonds. The molecule has 0 saturated carbocycles. The maximum atomic E-state index is 14.3. The fourth-order valence-electron chi connectivity index (χ4n) is 3.47. The van der Waals surface area contributed by atoms with Crippen LogP contribution in [-0.2, 0) is 13.0 Å². The van der Waals surface area contributed by atoms with Gasteiger partial charge in [0.1, 0.15) is 17.2 Å². The first kappa shape index (κ1) is 21.3. The molecule has 7 nitrogen and oxygen atoms in total. The molecule has 3 heterocycles. The second-order valence-electron chi connectivity index (χ2n) is 7.29. The van der Waals surface area contributed by atoms with Crippen molar-refractivity contribution in [1.29, 1.82) is 0 Å². The van der Waals surface area contributed by atoms with Gasteiger partial charge in [0.25, 0.3) is 0 Å². The molecule has 166 valence electrons. The molecule has 0 atom stereocenters. The van der Waals surface area contributed by atoms with Crippen molar-refractivity contribution in [2.45, 2.75) is 13.0 Å². The lowest BCUT2D eigenvalue weighted by Gasteiger charge is -2.05. The van der Waals surface area contributed by atoms with Gasteiger partial charge in [-0.1, -0.05) is 23.2 Å². The van der Waals surface area contributed by atoms with Crippen LogP contribution in [0, 0.1) is 11.6 Å². The number of nitrogens with zero attached hydrogens (tertiary/aromatic N) is 3. The topological polar surface area (TPSA) is 96.7 Å². The first-order valence-electron chi connectivity index (χ1n) is 9.66. The van der Waals surface area contributed by atoms with E-state index in [4.69, 9.17) is 27.6 Å². The quantitative estimate of drug-likeness (QED) is 0.354. The maximum absolute atomic E-state index is 14.3. The summed E-state index contributed by atoms with van der Waals surface area (Å²) in [5.74, 6) is -1.87. The van der Waals surface area contributed by atoms with E-state index in [-0.39, 0.29) is 35.8 Å². The molecule has 5 rings (SSSR count). The van der Waals surface area contributed by atoms with E-state index in [1.54, 1.807) is 24.4 Å². The van der Waals surface area contributed by atoms with Crippen LogP contribution in [0.15, 0.2) is 47.1 Å². The van der Waals surface area contributed by atoms with E-state index in [0.29, 0.717) is 31.9 Å². The van der Waals surface area contributed by atoms with Crippen molar-refractivity contribution >= 4 is 50.9 Å². The van der Waals surface area contributed by atoms with Gasteiger partial charge in [0.05, 0.1) is 16.5 Å². The van der Waals surface area contributed by atoms with Crippen LogP contribution >= 0.6 is 23.2 Å². The van der Waals surface area contributed by atoms with E-state index in [1.165, 1.54) is 18.3 Å². The molecule has 0 radical (unpaired) electrons. The number of H-pyrrole nitrogens is 1. The van der Waals surface area contributed by atoms with Gasteiger partial charge in [0.2, 0.25) is 5.89 Å². The Morgan fingerprint density at radius 1 is 1.09 bits per heavy atom. The number of halogens is 4. The van der Waals surface area contributed by atoms with Gasteiger partial charge in [-0.25, -0.2) is 8.78 Å². The number of aromatic amines is 1. The Labute approximate surface area is 194 Å². The summed E-state index contributed by atoms with van der Waals surface area (Å²) in [5, 5.41) is 12.1. The number of hydrogen-bond donors (Lipinski definition) is 2. The number of aromatic nitrogens is 4. The summed E-state index contributed by atoms with van der Waals surface area (Å²) in [6.07, 6.45) is 3.02. The fourth-order valence-corrected chi connectivity index (χ4v) is 3.85. The third kappa shape index (κ3) is 4.24. The van der Waals surface area contributed by atoms with Gasteiger partial charge in [0, 0.05) is 40.8 Å². The van der Waals surface area contributed by atoms with E-state index in [9.17, 15) is 13.6 Å². The number of pyridine rings is 1. The predicted octanol–water partition coefficient (Wildman–Crippen LogP) is 5.20. The van der Waals surface area contributed by atoms with Crippen molar-refractivity contribution in [2.24, 2.45) is 0 Å². The van der Waals surface area contributed by atoms with Crippen LogP contribution in [0.1, 0.15) is 27.7 Å². The zero-order chi connectivity index (χ0) is 23.1. The molecule has 0 fully saturated rings. The van der Waals surface area contributed by atoms with Crippen molar-refractivity contribution in [3.63, 3.8) is 0 Å². The Balaban J connectivity index is 1.30. The summed E-state index contributed by atoms with van der Waals surface area (Å²) in [4.78, 5) is 19.2. The largest absolute Gasteiger partial charge is 0.417 e. The molecule has 0 saturated heterocycles. The number of amides is 1. The fraction of sp³-hybridized carbons (Fsp3) is 0.0909. The molecular formula is C22H13Cl2F2N5O2. The standard InChI is InChI=1S/C22H13Cl2F2N5O2/c23-13-4-11-1-10(2-17(26)20(11)28-8-13)3-19-30-31-22(33-19)21(32)29-7-12-5-14-15(24)9-27-18(14)6-16(12)25/h1-2,4-6,8-9,27H,3,7H2,(H,29,32). The van der Waals surface area contributed by atoms with E-state index >= 15 is 0 Å². The van der Waals surface area contributed by atoms with Crippen LogP contribution in [0.5, 0.6) is 0 Å². The highest BCUT2D eigenvalue weighted by atomic mass is 35.5. The highest BCUT2D eigenvalue weighted by molar-refractivity contribution is 6.35. The molecule has 11 heteroatoms. The highest BCUT2D eigenvalue weighted by Gasteiger charge is 2.17. The van der Waals surface area contributed by atoms with Gasteiger partial charge in [-0.2, -0.15) is 0 Å². The minimum Gasteiger partial charge on any atom is -0.417 e. The van der Waals surface area contributed by atoms with Crippen LogP contribution in [0.3, 0.4) is 0 Å². The number of nitrogens with one attached hydrogen (secondary N) is 2. The van der Waals surface area contributed by atoms with E-state index < -0.39 is 17.5 Å². The number of carbonyl (C=O) groups is 1. The molecule has 0 aliphatic rings. The summed E-state index contributed by atoms with van der Waals surface area (Å²) in [7, 11) is 0. The van der Waals surface area contributed by atoms with Gasteiger partial charge in [-0.3, -0.25) is 9.78 Å². The smallest absolute Gasteiger partial charge is 0.309 e. The lowest BCUT2D eigenvalue weighted by atomic mass is 10.1. The van der Waals surface area contributed by atoms with Crippen molar-refractivity contribution in [3.05, 3.63) is 87.3 Å². The van der Waals surface area contributed by atoms with Crippen molar-refractivity contribution in [3.8, 4) is 0 Å². The zero-order valence-electron chi connectivity index (χ0n) is 16.6. The second kappa shape index (κ2) is 8.42. The number of benzene rings is 2. The molecule has 0 bridgehead atoms. The summed E-state index contributed by atoms with van der Waals surface area (Å²) >= 11 is 12.0. The molecule has 2 N–H and O–H groups in total. The molecule has 0 spiro atoms. The average Bonchev–Trinajstić information content (AvgIpc) is 3.38. The Hall–Kier alpha value is -3.56. The van der Waals surface area contributed by atoms with E-state index in [2.05, 4.69) is 25.5 Å². The number of rotatable bonds is 5. The van der Waals surface area contributed by atoms with Crippen molar-refractivity contribution in [1.82, 2.24) is 25.5 Å². The average molecular weight is 488 g/mol. The molecule has 3 aromatic heterocycles. The maximum Gasteiger partial charge on any atom is 0.309 e. The van der Waals surface area contributed by atoms with Gasteiger partial charge in [0.15, 0.2) is 0 Å². The van der Waals surface area contributed by atoms with Gasteiger partial charge >= 0.3 is 11.8 Å². The third-order valence-electron chi connectivity index (χ3n) is 5.02. The van der Waals surface area contributed by atoms with Crippen LogP contribution < -0.4 is 5.32 Å². The van der Waals surface area contributed by atoms with Crippen LogP contribution in [-0.4, -0.2) is 26.1 Å². The van der Waals surface area contributed by atoms with E-state index in [0.717, 1.165) is 0 Å². The van der Waals surface area contributed by atoms with Crippen molar-refractivity contribution in [2.75, 3.05) is 0 Å². The number of fused-ring (bicyclic) bond motifs is 2. The Morgan fingerprint density at radius 3 is 2.79 bits per heavy atom. The van der Waals surface area contributed by atoms with Gasteiger partial charge in [-0.05, 0) is 35.9 Å². The normalized spacial score (nSPS) is 11.4. The SMILES string of the molecule is O=C(NCc1cc2c(Cl)c[nH]c2cc1F)c1nnc(Cc2cc(F)c3ncc(Cl)cc3c2)o1. The predicted molar refractivity (Wildman–Crippen MR) is 118 cm³/mol. The second-order valence-corrected chi connectivity index (χ2v) is 8.13. The zero-order valence-corrected chi connectivity index (χ0v) is 18.1. The molecular weight excluding hydrogens is 475 g/mol. The van der Waals surface area contributed by atoms with Crippen LogP contribution in [0.2, 0.25) is 10.0 Å². The molecule has 0 aliphatic heterocycles. The monoisotopic (exact) mass is 487 g/mol. The molecule has 33 heavy (non-hydrogen) atoms. The molecule has 0 aliphatic carbocycles. The van der Waals surface area contributed by atoms with Crippen LogP contribution in [0.25, 0.3) is 21.8 Å². The number of hydrogen-bond acceptors (Lipinski definition) is 5. The lowest BCUT2D eigenvalue weighted by molar-refractivity contribution is 0.0914. The highest BCUT2D eigenvalue weighted by Crippen LogP contribution is 2.26. The summed E-state index contributed by atoms with van der Waals surface area (Å²) in [6.45, 7) is -0.108.